The van der Waals surface area contributed by atoms with Gasteiger partial charge in [0, 0.05) is 12.1 Å². The quantitative estimate of drug-likeness (QED) is 0.938. The molecule has 106 valence electrons. The van der Waals surface area contributed by atoms with Gasteiger partial charge < -0.3 is 10.5 Å². The summed E-state index contributed by atoms with van der Waals surface area (Å²) in [6, 6.07) is 7.33. The van der Waals surface area contributed by atoms with Crippen LogP contribution in [-0.2, 0) is 11.3 Å². The maximum Gasteiger partial charge on any atom is 0.258 e. The molecule has 1 aromatic carbocycles. The molecule has 2 aromatic rings. The number of ether oxygens (including phenoxy) is 1. The highest BCUT2D eigenvalue weighted by atomic mass is 35.5. The average Bonchev–Trinajstić information content (AvgIpc) is 2.45. The van der Waals surface area contributed by atoms with Gasteiger partial charge >= 0.3 is 0 Å². The number of aromatic nitrogens is 2. The van der Waals surface area contributed by atoms with E-state index in [0.717, 1.165) is 5.56 Å². The van der Waals surface area contributed by atoms with Gasteiger partial charge in [-0.25, -0.2) is 4.98 Å². The van der Waals surface area contributed by atoms with E-state index in [0.29, 0.717) is 17.1 Å². The summed E-state index contributed by atoms with van der Waals surface area (Å²) in [6.07, 6.45) is 1.18. The molecule has 0 saturated heterocycles. The van der Waals surface area contributed by atoms with Crippen LogP contribution in [0.25, 0.3) is 0 Å². The van der Waals surface area contributed by atoms with Gasteiger partial charge in [0.1, 0.15) is 11.9 Å². The first-order chi connectivity index (χ1) is 9.52. The second-order valence-electron chi connectivity index (χ2n) is 4.49. The fourth-order valence-corrected chi connectivity index (χ4v) is 2.03. The van der Waals surface area contributed by atoms with Gasteiger partial charge in [-0.3, -0.25) is 9.36 Å². The van der Waals surface area contributed by atoms with Gasteiger partial charge in [0.25, 0.3) is 5.56 Å². The number of nitrogens with two attached hydrogens (primary N) is 1. The number of hydrogen-bond acceptors (Lipinski definition) is 4. The summed E-state index contributed by atoms with van der Waals surface area (Å²) in [7, 11) is 1.60. The zero-order valence-corrected chi connectivity index (χ0v) is 12.1. The SMILES string of the molecule is COC(Cn1cnc(N)c(C)c1=O)c1ccc(Cl)cc1. The highest BCUT2D eigenvalue weighted by Gasteiger charge is 2.13. The van der Waals surface area contributed by atoms with Gasteiger partial charge in [0.2, 0.25) is 0 Å². The number of benzene rings is 1. The minimum Gasteiger partial charge on any atom is -0.383 e. The molecule has 0 saturated carbocycles. The van der Waals surface area contributed by atoms with Crippen molar-refractivity contribution in [3.05, 3.63) is 57.1 Å². The van der Waals surface area contributed by atoms with Crippen molar-refractivity contribution in [2.45, 2.75) is 19.6 Å². The van der Waals surface area contributed by atoms with Crippen molar-refractivity contribution in [1.29, 1.82) is 0 Å². The van der Waals surface area contributed by atoms with E-state index in [-0.39, 0.29) is 17.5 Å². The van der Waals surface area contributed by atoms with Crippen molar-refractivity contribution in [1.82, 2.24) is 9.55 Å². The van der Waals surface area contributed by atoms with E-state index in [2.05, 4.69) is 4.98 Å². The molecule has 6 heteroatoms. The summed E-state index contributed by atoms with van der Waals surface area (Å²) in [5, 5.41) is 0.658. The van der Waals surface area contributed by atoms with Crippen LogP contribution in [0.2, 0.25) is 5.02 Å². The lowest BCUT2D eigenvalue weighted by Crippen LogP contribution is -2.27. The lowest BCUT2D eigenvalue weighted by molar-refractivity contribution is 0.0866. The molecule has 1 heterocycles. The molecule has 0 aliphatic rings. The molecule has 0 amide bonds. The Morgan fingerprint density at radius 1 is 1.40 bits per heavy atom. The summed E-state index contributed by atoms with van der Waals surface area (Å²) < 4.78 is 6.94. The molecular weight excluding hydrogens is 278 g/mol. The Bertz CT molecular complexity index is 652. The minimum absolute atomic E-state index is 0.159. The maximum absolute atomic E-state index is 12.1. The van der Waals surface area contributed by atoms with Crippen molar-refractivity contribution in [2.24, 2.45) is 0 Å². The summed E-state index contributed by atoms with van der Waals surface area (Å²) in [6.45, 7) is 2.02. The zero-order chi connectivity index (χ0) is 14.7. The van der Waals surface area contributed by atoms with E-state index in [1.807, 2.05) is 12.1 Å². The molecule has 0 bridgehead atoms. The number of nitrogen functional groups attached to an aromatic ring is 1. The highest BCUT2D eigenvalue weighted by Crippen LogP contribution is 2.20. The first kappa shape index (κ1) is 14.6. The van der Waals surface area contributed by atoms with Crippen LogP contribution in [0, 0.1) is 6.92 Å². The van der Waals surface area contributed by atoms with Crippen LogP contribution in [0.3, 0.4) is 0 Å². The average molecular weight is 294 g/mol. The Kier molecular flexibility index (Phi) is 4.42. The molecule has 2 rings (SSSR count). The second-order valence-corrected chi connectivity index (χ2v) is 4.92. The van der Waals surface area contributed by atoms with Crippen molar-refractivity contribution in [3.8, 4) is 0 Å². The lowest BCUT2D eigenvalue weighted by atomic mass is 10.1. The lowest BCUT2D eigenvalue weighted by Gasteiger charge is -2.17. The number of halogens is 1. The molecule has 0 spiro atoms. The molecule has 1 unspecified atom stereocenters. The Hall–Kier alpha value is -1.85. The first-order valence-electron chi connectivity index (χ1n) is 6.12. The van der Waals surface area contributed by atoms with E-state index in [9.17, 15) is 4.79 Å². The van der Waals surface area contributed by atoms with Gasteiger partial charge in [0.05, 0.1) is 18.4 Å². The number of hydrogen-bond donors (Lipinski definition) is 1. The van der Waals surface area contributed by atoms with Crippen LogP contribution in [-0.4, -0.2) is 16.7 Å². The monoisotopic (exact) mass is 293 g/mol. The van der Waals surface area contributed by atoms with Crippen LogP contribution in [0.1, 0.15) is 17.2 Å². The molecular formula is C14H16ClN3O2. The van der Waals surface area contributed by atoms with Crippen molar-refractivity contribution in [2.75, 3.05) is 12.8 Å². The molecule has 1 atom stereocenters. The van der Waals surface area contributed by atoms with Gasteiger partial charge in [0.15, 0.2) is 0 Å². The van der Waals surface area contributed by atoms with E-state index < -0.39 is 0 Å². The second kappa shape index (κ2) is 6.07. The Morgan fingerprint density at radius 2 is 2.05 bits per heavy atom. The largest absolute Gasteiger partial charge is 0.383 e. The fraction of sp³-hybridized carbons (Fsp3) is 0.286. The molecule has 2 N–H and O–H groups in total. The molecule has 0 fully saturated rings. The minimum atomic E-state index is -0.255. The van der Waals surface area contributed by atoms with Crippen molar-refractivity contribution < 1.29 is 4.74 Å². The highest BCUT2D eigenvalue weighted by molar-refractivity contribution is 6.30. The standard InChI is InChI=1S/C14H16ClN3O2/c1-9-13(16)17-8-18(14(9)19)7-12(20-2)10-3-5-11(15)6-4-10/h3-6,8,12H,7,16H2,1-2H3. The predicted octanol–water partition coefficient (Wildman–Crippen LogP) is 2.18. The van der Waals surface area contributed by atoms with Crippen molar-refractivity contribution in [3.63, 3.8) is 0 Å². The number of methoxy groups -OCH3 is 1. The van der Waals surface area contributed by atoms with Gasteiger partial charge in [-0.2, -0.15) is 0 Å². The Balaban J connectivity index is 2.29. The van der Waals surface area contributed by atoms with Crippen LogP contribution in [0.15, 0.2) is 35.4 Å². The third-order valence-corrected chi connectivity index (χ3v) is 3.44. The van der Waals surface area contributed by atoms with E-state index in [1.54, 1.807) is 26.2 Å². The summed E-state index contributed by atoms with van der Waals surface area (Å²) in [5.41, 5.74) is 6.84. The first-order valence-corrected chi connectivity index (χ1v) is 6.50. The van der Waals surface area contributed by atoms with E-state index >= 15 is 0 Å². The Morgan fingerprint density at radius 3 is 2.65 bits per heavy atom. The fourth-order valence-electron chi connectivity index (χ4n) is 1.91. The molecule has 1 aromatic heterocycles. The Labute approximate surface area is 122 Å². The molecule has 0 radical (unpaired) electrons. The third-order valence-electron chi connectivity index (χ3n) is 3.19. The molecule has 0 aliphatic heterocycles. The van der Waals surface area contributed by atoms with Gasteiger partial charge in [-0.05, 0) is 24.6 Å². The summed E-state index contributed by atoms with van der Waals surface area (Å²) >= 11 is 5.86. The molecule has 20 heavy (non-hydrogen) atoms. The van der Waals surface area contributed by atoms with Gasteiger partial charge in [-0.1, -0.05) is 23.7 Å². The molecule has 5 nitrogen and oxygen atoms in total. The normalized spacial score (nSPS) is 12.3. The van der Waals surface area contributed by atoms with Gasteiger partial charge in [-0.15, -0.1) is 0 Å². The number of anilines is 1. The number of nitrogens with zero attached hydrogens (tertiary/aromatic N) is 2. The topological polar surface area (TPSA) is 70.1 Å². The summed E-state index contributed by atoms with van der Waals surface area (Å²) in [5.74, 6) is 0.256. The van der Waals surface area contributed by atoms with E-state index in [4.69, 9.17) is 22.1 Å². The van der Waals surface area contributed by atoms with Crippen LogP contribution >= 0.6 is 11.6 Å². The van der Waals surface area contributed by atoms with Crippen LogP contribution < -0.4 is 11.3 Å². The summed E-state index contributed by atoms with van der Waals surface area (Å²) in [4.78, 5) is 16.1. The van der Waals surface area contributed by atoms with Crippen LogP contribution in [0.4, 0.5) is 5.82 Å². The predicted molar refractivity (Wildman–Crippen MR) is 78.8 cm³/mol. The van der Waals surface area contributed by atoms with E-state index in [1.165, 1.54) is 10.9 Å². The molecule has 0 aliphatic carbocycles. The maximum atomic E-state index is 12.1. The zero-order valence-electron chi connectivity index (χ0n) is 11.3. The van der Waals surface area contributed by atoms with Crippen LogP contribution in [0.5, 0.6) is 0 Å². The van der Waals surface area contributed by atoms with Crippen molar-refractivity contribution >= 4 is 17.4 Å². The third kappa shape index (κ3) is 3.00. The number of rotatable bonds is 4. The smallest absolute Gasteiger partial charge is 0.258 e.